The maximum atomic E-state index is 7.05. The first-order valence-electron chi connectivity index (χ1n) is 9.11. The van der Waals surface area contributed by atoms with E-state index in [0.717, 1.165) is 19.7 Å². The van der Waals surface area contributed by atoms with Crippen LogP contribution in [0.25, 0.3) is 0 Å². The van der Waals surface area contributed by atoms with Gasteiger partial charge in [-0.15, -0.1) is 0 Å². The van der Waals surface area contributed by atoms with Crippen molar-refractivity contribution >= 4 is 18.7 Å². The summed E-state index contributed by atoms with van der Waals surface area (Å²) >= 11 is 0. The smallest absolute Gasteiger partial charge is 0.261 e. The summed E-state index contributed by atoms with van der Waals surface area (Å²) in [5, 5.41) is 6.08. The molecule has 2 aromatic carbocycles. The summed E-state index contributed by atoms with van der Waals surface area (Å²) < 4.78 is 12.8. The average molecular weight is 356 g/mol. The molecule has 1 N–H and O–H groups in total. The van der Waals surface area contributed by atoms with Crippen LogP contribution in [0.5, 0.6) is 0 Å². The van der Waals surface area contributed by atoms with Gasteiger partial charge < -0.3 is 14.5 Å². The summed E-state index contributed by atoms with van der Waals surface area (Å²) in [6.45, 7) is 10.1. The summed E-state index contributed by atoms with van der Waals surface area (Å²) in [7, 11) is -2.48. The fraction of sp³-hybridized carbons (Fsp3) is 0.429. The van der Waals surface area contributed by atoms with Gasteiger partial charge in [0.05, 0.1) is 19.3 Å². The maximum absolute atomic E-state index is 7.05. The Balaban J connectivity index is 2.11. The minimum atomic E-state index is -2.48. The van der Waals surface area contributed by atoms with Gasteiger partial charge in [-0.05, 0) is 15.4 Å². The van der Waals surface area contributed by atoms with Gasteiger partial charge in [0.2, 0.25) is 0 Å². The SMILES string of the molecule is CC(C)(C)[Si](O[C@@H]1CNCCOC1)(c1ccccc1)c1ccccc1. The van der Waals surface area contributed by atoms with Crippen molar-refractivity contribution < 1.29 is 9.16 Å². The number of ether oxygens (including phenoxy) is 1. The van der Waals surface area contributed by atoms with Crippen molar-refractivity contribution in [3.63, 3.8) is 0 Å². The van der Waals surface area contributed by atoms with Gasteiger partial charge in [-0.1, -0.05) is 81.4 Å². The van der Waals surface area contributed by atoms with Crippen LogP contribution in [0.2, 0.25) is 5.04 Å². The Morgan fingerprint density at radius 1 is 0.960 bits per heavy atom. The van der Waals surface area contributed by atoms with Gasteiger partial charge in [0, 0.05) is 13.1 Å². The highest BCUT2D eigenvalue weighted by atomic mass is 28.4. The lowest BCUT2D eigenvalue weighted by atomic mass is 10.2. The monoisotopic (exact) mass is 355 g/mol. The van der Waals surface area contributed by atoms with Gasteiger partial charge in [0.25, 0.3) is 8.32 Å². The van der Waals surface area contributed by atoms with Crippen molar-refractivity contribution in [3.8, 4) is 0 Å². The first-order chi connectivity index (χ1) is 12.0. The third-order valence-electron chi connectivity index (χ3n) is 4.86. The van der Waals surface area contributed by atoms with E-state index in [2.05, 4.69) is 86.8 Å². The molecule has 2 aromatic rings. The molecule has 3 rings (SSSR count). The molecule has 4 heteroatoms. The maximum Gasteiger partial charge on any atom is 0.261 e. The molecule has 0 aliphatic carbocycles. The van der Waals surface area contributed by atoms with Gasteiger partial charge in [-0.25, -0.2) is 0 Å². The molecule has 1 atom stereocenters. The second-order valence-corrected chi connectivity index (χ2v) is 11.9. The van der Waals surface area contributed by atoms with Crippen LogP contribution in [0.4, 0.5) is 0 Å². The van der Waals surface area contributed by atoms with E-state index in [-0.39, 0.29) is 11.1 Å². The second-order valence-electron chi connectivity index (χ2n) is 7.68. The number of benzene rings is 2. The van der Waals surface area contributed by atoms with Crippen molar-refractivity contribution in [1.82, 2.24) is 5.32 Å². The van der Waals surface area contributed by atoms with Crippen LogP contribution < -0.4 is 15.7 Å². The van der Waals surface area contributed by atoms with Crippen LogP contribution in [0.3, 0.4) is 0 Å². The molecule has 3 nitrogen and oxygen atoms in total. The van der Waals surface area contributed by atoms with Gasteiger partial charge in [0.1, 0.15) is 0 Å². The molecule has 1 heterocycles. The number of nitrogens with one attached hydrogen (secondary N) is 1. The summed E-state index contributed by atoms with van der Waals surface area (Å²) in [4.78, 5) is 0. The van der Waals surface area contributed by atoms with E-state index >= 15 is 0 Å². The molecule has 1 aliphatic heterocycles. The van der Waals surface area contributed by atoms with Crippen molar-refractivity contribution in [2.24, 2.45) is 0 Å². The fourth-order valence-corrected chi connectivity index (χ4v) is 8.36. The van der Waals surface area contributed by atoms with Crippen molar-refractivity contribution in [3.05, 3.63) is 60.7 Å². The Kier molecular flexibility index (Phi) is 5.74. The standard InChI is InChI=1S/C21H29NO2Si/c1-21(2,3)25(19-10-6-4-7-11-19,20-12-8-5-9-13-20)24-18-16-22-14-15-23-17-18/h4-13,18,22H,14-17H2,1-3H3/t18-/m1/s1. The van der Waals surface area contributed by atoms with E-state index < -0.39 is 8.32 Å². The Morgan fingerprint density at radius 3 is 2.04 bits per heavy atom. The van der Waals surface area contributed by atoms with E-state index in [1.54, 1.807) is 0 Å². The summed E-state index contributed by atoms with van der Waals surface area (Å²) in [5.74, 6) is 0. The lowest BCUT2D eigenvalue weighted by Crippen LogP contribution is -2.68. The predicted molar refractivity (Wildman–Crippen MR) is 106 cm³/mol. The summed E-state index contributed by atoms with van der Waals surface area (Å²) in [5.41, 5.74) is 0. The zero-order valence-electron chi connectivity index (χ0n) is 15.5. The van der Waals surface area contributed by atoms with Crippen LogP contribution in [0.1, 0.15) is 20.8 Å². The average Bonchev–Trinajstić information content (AvgIpc) is 2.89. The summed E-state index contributed by atoms with van der Waals surface area (Å²) in [6, 6.07) is 21.6. The Hall–Kier alpha value is -1.46. The van der Waals surface area contributed by atoms with E-state index in [1.807, 2.05) is 0 Å². The summed E-state index contributed by atoms with van der Waals surface area (Å²) in [6.07, 6.45) is 0.0637. The van der Waals surface area contributed by atoms with Gasteiger partial charge in [0.15, 0.2) is 0 Å². The molecule has 0 saturated carbocycles. The largest absolute Gasteiger partial charge is 0.401 e. The van der Waals surface area contributed by atoms with Crippen LogP contribution in [-0.2, 0) is 9.16 Å². The molecule has 0 aromatic heterocycles. The number of hydrogen-bond donors (Lipinski definition) is 1. The molecule has 1 aliphatic rings. The molecule has 0 unspecified atom stereocenters. The zero-order chi connectivity index (χ0) is 17.8. The van der Waals surface area contributed by atoms with Crippen LogP contribution in [-0.4, -0.2) is 40.7 Å². The molecule has 0 radical (unpaired) electrons. The highest BCUT2D eigenvalue weighted by molar-refractivity contribution is 6.99. The second kappa shape index (κ2) is 7.83. The molecular formula is C21H29NO2Si. The first-order valence-corrected chi connectivity index (χ1v) is 11.0. The van der Waals surface area contributed by atoms with Gasteiger partial charge in [-0.2, -0.15) is 0 Å². The van der Waals surface area contributed by atoms with Crippen molar-refractivity contribution in [2.75, 3.05) is 26.3 Å². The van der Waals surface area contributed by atoms with E-state index in [1.165, 1.54) is 10.4 Å². The first kappa shape index (κ1) is 18.3. The molecule has 0 bridgehead atoms. The molecular weight excluding hydrogens is 326 g/mol. The van der Waals surface area contributed by atoms with Crippen molar-refractivity contribution in [1.29, 1.82) is 0 Å². The van der Waals surface area contributed by atoms with Crippen LogP contribution in [0.15, 0.2) is 60.7 Å². The molecule has 1 fully saturated rings. The minimum absolute atomic E-state index is 0.00199. The van der Waals surface area contributed by atoms with Crippen LogP contribution >= 0.6 is 0 Å². The lowest BCUT2D eigenvalue weighted by Gasteiger charge is -2.45. The van der Waals surface area contributed by atoms with E-state index in [4.69, 9.17) is 9.16 Å². The molecule has 0 spiro atoms. The molecule has 1 saturated heterocycles. The third kappa shape index (κ3) is 3.87. The predicted octanol–water partition coefficient (Wildman–Crippen LogP) is 2.55. The van der Waals surface area contributed by atoms with Gasteiger partial charge in [-0.3, -0.25) is 0 Å². The van der Waals surface area contributed by atoms with Gasteiger partial charge >= 0.3 is 0 Å². The quantitative estimate of drug-likeness (QED) is 0.855. The Morgan fingerprint density at radius 2 is 1.52 bits per heavy atom. The molecule has 0 amide bonds. The molecule has 25 heavy (non-hydrogen) atoms. The van der Waals surface area contributed by atoms with Crippen LogP contribution in [0, 0.1) is 0 Å². The fourth-order valence-electron chi connectivity index (χ4n) is 3.70. The third-order valence-corrected chi connectivity index (χ3v) is 9.95. The lowest BCUT2D eigenvalue weighted by molar-refractivity contribution is 0.0675. The zero-order valence-corrected chi connectivity index (χ0v) is 16.5. The van der Waals surface area contributed by atoms with Crippen molar-refractivity contribution in [2.45, 2.75) is 31.9 Å². The normalized spacial score (nSPS) is 19.4. The Bertz CT molecular complexity index is 607. The van der Waals surface area contributed by atoms with E-state index in [0.29, 0.717) is 6.61 Å². The highest BCUT2D eigenvalue weighted by Gasteiger charge is 2.51. The topological polar surface area (TPSA) is 30.5 Å². The highest BCUT2D eigenvalue weighted by Crippen LogP contribution is 2.37. The minimum Gasteiger partial charge on any atom is -0.401 e. The number of hydrogen-bond acceptors (Lipinski definition) is 3. The van der Waals surface area contributed by atoms with E-state index in [9.17, 15) is 0 Å². The number of rotatable bonds is 4. The Labute approximate surface area is 152 Å². The molecule has 134 valence electrons.